The number of nitrogens with zero attached hydrogens (tertiary/aromatic N) is 4. The highest BCUT2D eigenvalue weighted by molar-refractivity contribution is 7.86. The number of ether oxygens (including phenoxy) is 3. The minimum Gasteiger partial charge on any atom is -0.493 e. The quantitative estimate of drug-likeness (QED) is 0.419. The molecule has 2 heterocycles. The second kappa shape index (κ2) is 11.8. The van der Waals surface area contributed by atoms with Gasteiger partial charge in [-0.3, -0.25) is 0 Å². The Kier molecular flexibility index (Phi) is 8.38. The van der Waals surface area contributed by atoms with Gasteiger partial charge in [-0.1, -0.05) is 11.6 Å². The van der Waals surface area contributed by atoms with Crippen LogP contribution in [0.1, 0.15) is 25.7 Å². The van der Waals surface area contributed by atoms with E-state index in [-0.39, 0.29) is 17.2 Å². The Labute approximate surface area is 232 Å². The smallest absolute Gasteiger partial charge is 0.282 e. The highest BCUT2D eigenvalue weighted by Gasteiger charge is 2.35. The monoisotopic (exact) mass is 579 g/mol. The number of fused-ring (bicyclic) bond motifs is 1. The van der Waals surface area contributed by atoms with Gasteiger partial charge in [-0.15, -0.1) is 0 Å². The van der Waals surface area contributed by atoms with Crippen LogP contribution >= 0.6 is 11.6 Å². The number of anilines is 2. The summed E-state index contributed by atoms with van der Waals surface area (Å²) in [5, 5.41) is 3.87. The first-order valence-electron chi connectivity index (χ1n) is 12.8. The maximum Gasteiger partial charge on any atom is 0.282 e. The van der Waals surface area contributed by atoms with E-state index in [4.69, 9.17) is 25.8 Å². The van der Waals surface area contributed by atoms with Gasteiger partial charge in [0.1, 0.15) is 18.0 Å². The zero-order valence-corrected chi connectivity index (χ0v) is 23.3. The predicted molar refractivity (Wildman–Crippen MR) is 147 cm³/mol. The van der Waals surface area contributed by atoms with Gasteiger partial charge in [0.2, 0.25) is 0 Å². The summed E-state index contributed by atoms with van der Waals surface area (Å²) in [6, 6.07) is 7.85. The third-order valence-corrected chi connectivity index (χ3v) is 9.55. The van der Waals surface area contributed by atoms with Crippen molar-refractivity contribution in [3.05, 3.63) is 47.5 Å². The van der Waals surface area contributed by atoms with Crippen LogP contribution in [0.5, 0.6) is 11.5 Å². The number of benzene rings is 2. The molecule has 2 fully saturated rings. The molecular weight excluding hydrogens is 549 g/mol. The van der Waals surface area contributed by atoms with Crippen molar-refractivity contribution >= 4 is 44.2 Å². The van der Waals surface area contributed by atoms with E-state index < -0.39 is 16.0 Å². The second-order valence-electron chi connectivity index (χ2n) is 9.58. The van der Waals surface area contributed by atoms with E-state index in [9.17, 15) is 12.8 Å². The molecule has 0 amide bonds. The van der Waals surface area contributed by atoms with Crippen LogP contribution in [0.25, 0.3) is 10.9 Å². The van der Waals surface area contributed by atoms with E-state index >= 15 is 0 Å². The van der Waals surface area contributed by atoms with E-state index in [0.717, 1.165) is 0 Å². The van der Waals surface area contributed by atoms with Crippen molar-refractivity contribution in [2.75, 3.05) is 45.8 Å². The van der Waals surface area contributed by atoms with E-state index in [2.05, 4.69) is 15.3 Å². The van der Waals surface area contributed by atoms with Gasteiger partial charge < -0.3 is 19.5 Å². The molecule has 2 aliphatic rings. The van der Waals surface area contributed by atoms with E-state index in [1.165, 1.54) is 27.1 Å². The number of hydrogen-bond donors (Lipinski definition) is 1. The molecule has 0 atom stereocenters. The average Bonchev–Trinajstić information content (AvgIpc) is 2.95. The van der Waals surface area contributed by atoms with Gasteiger partial charge in [-0.2, -0.15) is 17.0 Å². The Balaban J connectivity index is 1.30. The third-order valence-electron chi connectivity index (χ3n) is 7.21. The van der Waals surface area contributed by atoms with Crippen LogP contribution in [0.3, 0.4) is 0 Å². The molecule has 13 heteroatoms. The molecule has 1 saturated carbocycles. The Morgan fingerprint density at radius 2 is 1.85 bits per heavy atom. The summed E-state index contributed by atoms with van der Waals surface area (Å²) >= 11 is 5.94. The van der Waals surface area contributed by atoms with Crippen molar-refractivity contribution in [1.82, 2.24) is 18.6 Å². The van der Waals surface area contributed by atoms with Crippen molar-refractivity contribution < 1.29 is 27.0 Å². The molecule has 10 nitrogen and oxygen atoms in total. The molecule has 1 aliphatic heterocycles. The number of morpholine rings is 1. The van der Waals surface area contributed by atoms with Gasteiger partial charge in [0, 0.05) is 43.3 Å². The summed E-state index contributed by atoms with van der Waals surface area (Å²) < 4.78 is 60.0. The lowest BCUT2D eigenvalue weighted by atomic mass is 9.93. The van der Waals surface area contributed by atoms with Crippen LogP contribution in [0.15, 0.2) is 36.7 Å². The molecule has 1 aliphatic carbocycles. The van der Waals surface area contributed by atoms with Crippen LogP contribution in [0.4, 0.5) is 15.9 Å². The summed E-state index contributed by atoms with van der Waals surface area (Å²) in [5.74, 6) is 1.08. The minimum absolute atomic E-state index is 0.00282. The largest absolute Gasteiger partial charge is 0.493 e. The van der Waals surface area contributed by atoms with Gasteiger partial charge in [0.05, 0.1) is 37.0 Å². The van der Waals surface area contributed by atoms with Crippen molar-refractivity contribution in [3.63, 3.8) is 0 Å². The number of rotatable bonds is 8. The van der Waals surface area contributed by atoms with Crippen molar-refractivity contribution in [2.45, 2.75) is 37.8 Å². The topological polar surface area (TPSA) is 106 Å². The Hall–Kier alpha value is -2.77. The maximum atomic E-state index is 13.6. The molecule has 1 aromatic heterocycles. The van der Waals surface area contributed by atoms with Gasteiger partial charge in [0.25, 0.3) is 10.2 Å². The van der Waals surface area contributed by atoms with E-state index in [0.29, 0.717) is 85.9 Å². The van der Waals surface area contributed by atoms with Crippen LogP contribution in [0, 0.1) is 5.82 Å². The second-order valence-corrected chi connectivity index (χ2v) is 12.0. The first-order chi connectivity index (χ1) is 18.8. The highest BCUT2D eigenvalue weighted by atomic mass is 35.5. The fraction of sp³-hybridized carbons (Fsp3) is 0.462. The van der Waals surface area contributed by atoms with Crippen LogP contribution in [-0.4, -0.2) is 79.6 Å². The predicted octanol–water partition coefficient (Wildman–Crippen LogP) is 4.37. The number of methoxy groups -OCH3 is 1. The fourth-order valence-electron chi connectivity index (χ4n) is 4.98. The molecule has 0 spiro atoms. The zero-order chi connectivity index (χ0) is 27.6. The summed E-state index contributed by atoms with van der Waals surface area (Å²) in [7, 11) is -0.308. The number of hydrogen-bond acceptors (Lipinski definition) is 8. The SMILES string of the molecule is COc1cc2ncnc(Nc3ccc(F)c(Cl)c3)c2cc1OC1CCC(N(C)S(=O)(=O)N2CCOCC2)CC1. The van der Waals surface area contributed by atoms with Crippen molar-refractivity contribution in [1.29, 1.82) is 0 Å². The summed E-state index contributed by atoms with van der Waals surface area (Å²) in [6.45, 7) is 1.59. The summed E-state index contributed by atoms with van der Waals surface area (Å²) in [4.78, 5) is 8.71. The Morgan fingerprint density at radius 3 is 2.54 bits per heavy atom. The normalized spacial score (nSPS) is 20.7. The highest BCUT2D eigenvalue weighted by Crippen LogP contribution is 2.37. The number of halogens is 2. The minimum atomic E-state index is -3.53. The fourth-order valence-corrected chi connectivity index (χ4v) is 6.72. The van der Waals surface area contributed by atoms with E-state index in [1.54, 1.807) is 26.3 Å². The van der Waals surface area contributed by atoms with Crippen LogP contribution in [-0.2, 0) is 14.9 Å². The molecule has 39 heavy (non-hydrogen) atoms. The molecule has 1 saturated heterocycles. The molecule has 3 aromatic rings. The van der Waals surface area contributed by atoms with Crippen LogP contribution < -0.4 is 14.8 Å². The molecular formula is C26H31ClFN5O5S. The molecule has 0 bridgehead atoms. The first kappa shape index (κ1) is 27.8. The third kappa shape index (κ3) is 6.04. The van der Waals surface area contributed by atoms with Gasteiger partial charge in [-0.05, 0) is 49.9 Å². The molecule has 210 valence electrons. The van der Waals surface area contributed by atoms with Gasteiger partial charge in [0.15, 0.2) is 11.5 Å². The molecule has 1 N–H and O–H groups in total. The molecule has 5 rings (SSSR count). The Bertz CT molecular complexity index is 1430. The van der Waals surface area contributed by atoms with Gasteiger partial charge >= 0.3 is 0 Å². The van der Waals surface area contributed by atoms with Crippen molar-refractivity contribution in [3.8, 4) is 11.5 Å². The lowest BCUT2D eigenvalue weighted by Gasteiger charge is -2.37. The maximum absolute atomic E-state index is 13.6. The molecule has 0 unspecified atom stereocenters. The van der Waals surface area contributed by atoms with Gasteiger partial charge in [-0.25, -0.2) is 14.4 Å². The van der Waals surface area contributed by atoms with E-state index in [1.807, 2.05) is 6.07 Å². The van der Waals surface area contributed by atoms with Crippen molar-refractivity contribution in [2.24, 2.45) is 0 Å². The lowest BCUT2D eigenvalue weighted by molar-refractivity contribution is 0.0679. The summed E-state index contributed by atoms with van der Waals surface area (Å²) in [6.07, 6.45) is 4.07. The first-order valence-corrected chi connectivity index (χ1v) is 14.6. The number of aromatic nitrogens is 2. The molecule has 0 radical (unpaired) electrons. The average molecular weight is 580 g/mol. The lowest BCUT2D eigenvalue weighted by Crippen LogP contribution is -2.51. The Morgan fingerprint density at radius 1 is 1.10 bits per heavy atom. The van der Waals surface area contributed by atoms with Crippen LogP contribution in [0.2, 0.25) is 5.02 Å². The zero-order valence-electron chi connectivity index (χ0n) is 21.8. The molecule has 2 aromatic carbocycles. The standard InChI is InChI=1S/C26H31ClFN5O5S/c1-32(39(34,35)33-9-11-37-12-10-33)18-4-6-19(7-5-18)38-25-14-20-23(15-24(25)36-2)29-16-30-26(20)31-17-3-8-22(28)21(27)13-17/h3,8,13-16,18-19H,4-7,9-12H2,1-2H3,(H,29,30,31). The number of nitrogens with one attached hydrogen (secondary N) is 1. The summed E-state index contributed by atoms with van der Waals surface area (Å²) in [5.41, 5.74) is 1.22.